The van der Waals surface area contributed by atoms with Gasteiger partial charge in [-0.05, 0) is 96.3 Å². The minimum Gasteiger partial charge on any atom is -0.480 e. The van der Waals surface area contributed by atoms with E-state index in [9.17, 15) is 19.2 Å². The van der Waals surface area contributed by atoms with E-state index >= 15 is 0 Å². The van der Waals surface area contributed by atoms with Crippen LogP contribution in [-0.4, -0.2) is 59.3 Å². The van der Waals surface area contributed by atoms with Gasteiger partial charge in [-0.15, -0.1) is 0 Å². The monoisotopic (exact) mass is 817 g/mol. The molecule has 2 amide bonds. The number of carboxylic acids is 1. The first-order chi connectivity index (χ1) is 28.3. The quantitative estimate of drug-likeness (QED) is 0.0273. The van der Waals surface area contributed by atoms with Crippen LogP contribution in [0.15, 0.2) is 36.5 Å². The van der Waals surface area contributed by atoms with Crippen LogP contribution in [0.5, 0.6) is 0 Å². The molecular formula is C49H88N2O7. The van der Waals surface area contributed by atoms with Gasteiger partial charge in [0.1, 0.15) is 12.1 Å². The normalized spacial score (nSPS) is 12.7. The van der Waals surface area contributed by atoms with Crippen LogP contribution in [0.1, 0.15) is 226 Å². The summed E-state index contributed by atoms with van der Waals surface area (Å²) in [5.41, 5.74) is 0. The van der Waals surface area contributed by atoms with E-state index in [1.165, 1.54) is 103 Å². The van der Waals surface area contributed by atoms with Gasteiger partial charge in [-0.25, -0.2) is 4.79 Å². The number of rotatable bonds is 43. The number of aliphatic hydroxyl groups is 1. The number of hydrogen-bond donors (Lipinski definition) is 4. The Hall–Kier alpha value is -2.94. The van der Waals surface area contributed by atoms with Gasteiger partial charge >= 0.3 is 11.9 Å². The molecule has 0 aromatic rings. The van der Waals surface area contributed by atoms with Crippen molar-refractivity contribution in [1.82, 2.24) is 10.6 Å². The number of hydrogen-bond acceptors (Lipinski definition) is 6. The summed E-state index contributed by atoms with van der Waals surface area (Å²) in [5, 5.41) is 22.6. The van der Waals surface area contributed by atoms with Crippen LogP contribution in [0.25, 0.3) is 0 Å². The maximum absolute atomic E-state index is 12.8. The number of carbonyl (C=O) groups excluding carboxylic acids is 3. The van der Waals surface area contributed by atoms with E-state index in [0.717, 1.165) is 89.9 Å². The highest BCUT2D eigenvalue weighted by Gasteiger charge is 2.19. The molecule has 0 saturated heterocycles. The standard InChI is InChI=1S/C49H88N2O7/c1-3-5-7-9-11-13-15-17-19-21-23-25-27-30-34-38-44(39-35-31-29-32-36-40-46(53)50-42-47(54)51-45(43-52)49(56)57)58-48(55)41-37-33-28-26-24-22-20-18-16-14-12-10-8-6-4-2/h15,17-18,20-21,23,44-45,52H,3-14,16,19,22,24-43H2,1-2H3,(H,50,53)(H,51,54)(H,56,57)/b17-15-,20-18-,23-21-. The Labute approximate surface area is 355 Å². The van der Waals surface area contributed by atoms with Crippen molar-refractivity contribution >= 4 is 23.8 Å². The molecule has 0 aliphatic rings. The zero-order chi connectivity index (χ0) is 42.6. The molecule has 9 heteroatoms. The summed E-state index contributed by atoms with van der Waals surface area (Å²) in [5.74, 6) is -2.31. The van der Waals surface area contributed by atoms with Gasteiger partial charge in [0.2, 0.25) is 11.8 Å². The van der Waals surface area contributed by atoms with E-state index in [4.69, 9.17) is 14.9 Å². The molecule has 0 rings (SSSR count). The van der Waals surface area contributed by atoms with Gasteiger partial charge in [0.05, 0.1) is 13.2 Å². The van der Waals surface area contributed by atoms with Crippen LogP contribution in [0.4, 0.5) is 0 Å². The van der Waals surface area contributed by atoms with Gasteiger partial charge in [-0.2, -0.15) is 0 Å². The lowest BCUT2D eigenvalue weighted by Gasteiger charge is -2.18. The van der Waals surface area contributed by atoms with Gasteiger partial charge < -0.3 is 25.6 Å². The fourth-order valence-corrected chi connectivity index (χ4v) is 6.92. The lowest BCUT2D eigenvalue weighted by atomic mass is 10.0. The fraction of sp³-hybridized carbons (Fsp3) is 0.796. The molecule has 0 heterocycles. The first-order valence-corrected chi connectivity index (χ1v) is 23.9. The Bertz CT molecular complexity index is 1070. The van der Waals surface area contributed by atoms with Gasteiger partial charge in [-0.1, -0.05) is 153 Å². The van der Waals surface area contributed by atoms with Gasteiger partial charge in [0.15, 0.2) is 0 Å². The van der Waals surface area contributed by atoms with Crippen LogP contribution >= 0.6 is 0 Å². The molecule has 0 spiro atoms. The highest BCUT2D eigenvalue weighted by molar-refractivity contribution is 5.87. The van der Waals surface area contributed by atoms with Crippen LogP contribution in [0.3, 0.4) is 0 Å². The fourth-order valence-electron chi connectivity index (χ4n) is 6.92. The summed E-state index contributed by atoms with van der Waals surface area (Å²) in [7, 11) is 0. The molecule has 2 unspecified atom stereocenters. The second kappa shape index (κ2) is 43.6. The number of esters is 1. The van der Waals surface area contributed by atoms with E-state index < -0.39 is 24.5 Å². The number of allylic oxidation sites excluding steroid dienone is 6. The molecule has 0 aromatic carbocycles. The molecular weight excluding hydrogens is 729 g/mol. The second-order valence-electron chi connectivity index (χ2n) is 16.2. The number of carbonyl (C=O) groups is 4. The molecule has 0 aliphatic carbocycles. The number of carboxylic acid groups (broad SMARTS) is 1. The molecule has 0 saturated carbocycles. The number of aliphatic carboxylic acids is 1. The molecule has 336 valence electrons. The third kappa shape index (κ3) is 39.9. The third-order valence-electron chi connectivity index (χ3n) is 10.6. The molecule has 0 bridgehead atoms. The summed E-state index contributed by atoms with van der Waals surface area (Å²) in [6.07, 6.45) is 50.2. The zero-order valence-corrected chi connectivity index (χ0v) is 37.3. The molecule has 0 fully saturated rings. The average molecular weight is 817 g/mol. The van der Waals surface area contributed by atoms with Crippen molar-refractivity contribution in [3.05, 3.63) is 36.5 Å². The maximum atomic E-state index is 12.8. The van der Waals surface area contributed by atoms with Crippen molar-refractivity contribution in [2.24, 2.45) is 0 Å². The highest BCUT2D eigenvalue weighted by Crippen LogP contribution is 2.18. The predicted molar refractivity (Wildman–Crippen MR) is 241 cm³/mol. The summed E-state index contributed by atoms with van der Waals surface area (Å²) >= 11 is 0. The molecule has 58 heavy (non-hydrogen) atoms. The van der Waals surface area contributed by atoms with Gasteiger partial charge in [0, 0.05) is 12.8 Å². The van der Waals surface area contributed by atoms with Crippen molar-refractivity contribution in [1.29, 1.82) is 0 Å². The number of nitrogens with one attached hydrogen (secondary N) is 2. The second-order valence-corrected chi connectivity index (χ2v) is 16.2. The Morgan fingerprint density at radius 3 is 1.41 bits per heavy atom. The van der Waals surface area contributed by atoms with Gasteiger partial charge in [0.25, 0.3) is 0 Å². The number of amides is 2. The first kappa shape index (κ1) is 55.1. The molecule has 2 atom stereocenters. The Balaban J connectivity index is 4.39. The summed E-state index contributed by atoms with van der Waals surface area (Å²) in [6, 6.07) is -1.39. The number of aliphatic hydroxyl groups excluding tert-OH is 1. The molecule has 9 nitrogen and oxygen atoms in total. The third-order valence-corrected chi connectivity index (χ3v) is 10.6. The molecule has 0 aromatic heterocycles. The van der Waals surface area contributed by atoms with E-state index in [0.29, 0.717) is 12.8 Å². The molecule has 0 radical (unpaired) electrons. The largest absolute Gasteiger partial charge is 0.480 e. The van der Waals surface area contributed by atoms with Crippen molar-refractivity contribution in [2.75, 3.05) is 13.2 Å². The number of ether oxygens (including phenoxy) is 1. The Kier molecular flexibility index (Phi) is 41.4. The molecule has 0 aliphatic heterocycles. The van der Waals surface area contributed by atoms with Gasteiger partial charge in [-0.3, -0.25) is 14.4 Å². The van der Waals surface area contributed by atoms with E-state index in [1.807, 2.05) is 0 Å². The minimum absolute atomic E-state index is 0.0400. The summed E-state index contributed by atoms with van der Waals surface area (Å²) < 4.78 is 6.04. The van der Waals surface area contributed by atoms with Crippen LogP contribution in [0, 0.1) is 0 Å². The van der Waals surface area contributed by atoms with E-state index in [1.54, 1.807) is 0 Å². The Morgan fingerprint density at radius 1 is 0.517 bits per heavy atom. The van der Waals surface area contributed by atoms with Crippen molar-refractivity contribution < 1.29 is 34.1 Å². The smallest absolute Gasteiger partial charge is 0.328 e. The van der Waals surface area contributed by atoms with Crippen molar-refractivity contribution in [3.8, 4) is 0 Å². The van der Waals surface area contributed by atoms with E-state index in [2.05, 4.69) is 60.9 Å². The highest BCUT2D eigenvalue weighted by atomic mass is 16.5. The lowest BCUT2D eigenvalue weighted by molar-refractivity contribution is -0.150. The molecule has 4 N–H and O–H groups in total. The first-order valence-electron chi connectivity index (χ1n) is 23.9. The van der Waals surface area contributed by atoms with Crippen LogP contribution in [-0.2, 0) is 23.9 Å². The Morgan fingerprint density at radius 2 is 0.931 bits per heavy atom. The topological polar surface area (TPSA) is 142 Å². The van der Waals surface area contributed by atoms with Crippen LogP contribution in [0.2, 0.25) is 0 Å². The number of unbranched alkanes of at least 4 members (excludes halogenated alkanes) is 23. The zero-order valence-electron chi connectivity index (χ0n) is 37.3. The van der Waals surface area contributed by atoms with Crippen molar-refractivity contribution in [3.63, 3.8) is 0 Å². The van der Waals surface area contributed by atoms with E-state index in [-0.39, 0.29) is 30.9 Å². The average Bonchev–Trinajstić information content (AvgIpc) is 3.21. The lowest BCUT2D eigenvalue weighted by Crippen LogP contribution is -2.47. The summed E-state index contributed by atoms with van der Waals surface area (Å²) in [6.45, 7) is 3.47. The predicted octanol–water partition coefficient (Wildman–Crippen LogP) is 12.2. The van der Waals surface area contributed by atoms with Crippen LogP contribution < -0.4 is 10.6 Å². The van der Waals surface area contributed by atoms with Crippen molar-refractivity contribution in [2.45, 2.75) is 238 Å². The SMILES string of the molecule is CCCCCCC/C=C\C/C=C\CCCCCC(CCCCCCCC(=O)NCC(=O)NC(CO)C(=O)O)OC(=O)CCCCCCC/C=C\CCCCCCCC. The summed E-state index contributed by atoms with van der Waals surface area (Å²) in [4.78, 5) is 47.7. The minimum atomic E-state index is -1.39. The maximum Gasteiger partial charge on any atom is 0.328 e.